The molecule has 3 heteroatoms. The summed E-state index contributed by atoms with van der Waals surface area (Å²) in [6.45, 7) is 5.09. The molecule has 0 aliphatic heterocycles. The van der Waals surface area contributed by atoms with E-state index in [4.69, 9.17) is 0 Å². The Kier molecular flexibility index (Phi) is 42.1. The molecule has 0 rings (SSSR count). The molecular weight excluding hydrogens is 156 g/mol. The molecule has 78 valence electrons. The predicted molar refractivity (Wildman–Crippen MR) is 54.1 cm³/mol. The average Bonchev–Trinajstić information content (AvgIpc) is 2.03. The highest BCUT2D eigenvalue weighted by Crippen LogP contribution is 1.82. The van der Waals surface area contributed by atoms with Gasteiger partial charge < -0.3 is 14.2 Å². The van der Waals surface area contributed by atoms with Gasteiger partial charge in [-0.15, -0.1) is 0 Å². The summed E-state index contributed by atoms with van der Waals surface area (Å²) in [5.41, 5.74) is 0. The number of hydrogen-bond acceptors (Lipinski definition) is 3. The van der Waals surface area contributed by atoms with Crippen molar-refractivity contribution in [3.8, 4) is 0 Å². The van der Waals surface area contributed by atoms with Crippen molar-refractivity contribution >= 4 is 0 Å². The summed E-state index contributed by atoms with van der Waals surface area (Å²) < 4.78 is 13.7. The van der Waals surface area contributed by atoms with Gasteiger partial charge in [0.1, 0.15) is 0 Å². The van der Waals surface area contributed by atoms with Crippen molar-refractivity contribution in [3.63, 3.8) is 0 Å². The van der Waals surface area contributed by atoms with Crippen molar-refractivity contribution in [2.75, 3.05) is 21.3 Å². The summed E-state index contributed by atoms with van der Waals surface area (Å²) in [6, 6.07) is 0. The minimum absolute atomic E-state index is 0. The van der Waals surface area contributed by atoms with Gasteiger partial charge in [0, 0.05) is 14.2 Å². The summed E-state index contributed by atoms with van der Waals surface area (Å²) in [7, 11) is 4.77. The topological polar surface area (TPSA) is 27.7 Å². The fourth-order valence-corrected chi connectivity index (χ4v) is 0.0962. The van der Waals surface area contributed by atoms with E-state index in [9.17, 15) is 0 Å². The summed E-state index contributed by atoms with van der Waals surface area (Å²) in [4.78, 5) is 0. The van der Waals surface area contributed by atoms with E-state index in [-0.39, 0.29) is 21.1 Å². The van der Waals surface area contributed by atoms with E-state index in [2.05, 4.69) is 20.8 Å². The Morgan fingerprint density at radius 3 is 1.33 bits per heavy atom. The van der Waals surface area contributed by atoms with Crippen molar-refractivity contribution in [1.82, 2.24) is 0 Å². The van der Waals surface area contributed by atoms with Crippen LogP contribution in [0.4, 0.5) is 0 Å². The van der Waals surface area contributed by atoms with Gasteiger partial charge >= 0.3 is 0 Å². The molecule has 0 spiro atoms. The molecule has 0 unspecified atom stereocenters. The number of rotatable bonds is 3. The molecule has 0 fully saturated rings. The zero-order valence-corrected chi connectivity index (χ0v) is 7.09. The van der Waals surface area contributed by atoms with Gasteiger partial charge in [-0.25, -0.2) is 0 Å². The lowest BCUT2D eigenvalue weighted by atomic mass is 10.8. The van der Waals surface area contributed by atoms with Gasteiger partial charge in [-0.1, -0.05) is 21.4 Å². The fraction of sp³-hybridized carbons (Fsp3) is 0.778. The van der Waals surface area contributed by atoms with Crippen LogP contribution >= 0.6 is 0 Å². The van der Waals surface area contributed by atoms with E-state index < -0.39 is 0 Å². The first-order valence-corrected chi connectivity index (χ1v) is 2.92. The lowest BCUT2D eigenvalue weighted by Crippen LogP contribution is -2.05. The SMILES string of the molecule is C.C.C=COC.COC(C)OC. The van der Waals surface area contributed by atoms with Gasteiger partial charge in [-0.3, -0.25) is 0 Å². The van der Waals surface area contributed by atoms with Crippen LogP contribution in [0.25, 0.3) is 0 Å². The molecule has 0 heterocycles. The molecule has 0 aliphatic carbocycles. The predicted octanol–water partition coefficient (Wildman–Crippen LogP) is 2.67. The van der Waals surface area contributed by atoms with Crippen LogP contribution in [0.15, 0.2) is 12.8 Å². The second kappa shape index (κ2) is 22.4. The van der Waals surface area contributed by atoms with Crippen LogP contribution in [-0.2, 0) is 14.2 Å². The minimum Gasteiger partial charge on any atom is -0.505 e. The molecular formula is C9H24O3. The molecule has 0 aromatic rings. The van der Waals surface area contributed by atoms with Crippen LogP contribution in [0.2, 0.25) is 0 Å². The zero-order valence-electron chi connectivity index (χ0n) is 7.09. The maximum Gasteiger partial charge on any atom is 0.154 e. The fourth-order valence-electron chi connectivity index (χ4n) is 0.0962. The van der Waals surface area contributed by atoms with Gasteiger partial charge in [0.05, 0.1) is 13.4 Å². The van der Waals surface area contributed by atoms with E-state index in [1.807, 2.05) is 6.92 Å². The van der Waals surface area contributed by atoms with Crippen LogP contribution in [0.1, 0.15) is 21.8 Å². The van der Waals surface area contributed by atoms with Crippen molar-refractivity contribution in [1.29, 1.82) is 0 Å². The van der Waals surface area contributed by atoms with Crippen molar-refractivity contribution in [2.45, 2.75) is 28.1 Å². The van der Waals surface area contributed by atoms with Crippen molar-refractivity contribution in [2.24, 2.45) is 0 Å². The lowest BCUT2D eigenvalue weighted by molar-refractivity contribution is -0.0877. The minimum atomic E-state index is -0.0648. The monoisotopic (exact) mass is 180 g/mol. The molecule has 0 saturated heterocycles. The zero-order chi connectivity index (χ0) is 8.41. The van der Waals surface area contributed by atoms with Gasteiger partial charge in [0.25, 0.3) is 0 Å². The Morgan fingerprint density at radius 1 is 1.08 bits per heavy atom. The molecule has 0 aliphatic rings. The van der Waals surface area contributed by atoms with Crippen LogP contribution in [-0.4, -0.2) is 27.6 Å². The highest BCUT2D eigenvalue weighted by Gasteiger charge is 1.87. The van der Waals surface area contributed by atoms with Crippen LogP contribution < -0.4 is 0 Å². The Labute approximate surface area is 77.3 Å². The third-order valence-electron chi connectivity index (χ3n) is 0.831. The third kappa shape index (κ3) is 34.0. The molecule has 0 amide bonds. The highest BCUT2D eigenvalue weighted by molar-refractivity contribution is 4.43. The van der Waals surface area contributed by atoms with Gasteiger partial charge in [0.15, 0.2) is 6.29 Å². The largest absolute Gasteiger partial charge is 0.505 e. The van der Waals surface area contributed by atoms with Gasteiger partial charge in [-0.2, -0.15) is 0 Å². The second-order valence-electron chi connectivity index (χ2n) is 1.44. The summed E-state index contributed by atoms with van der Waals surface area (Å²) >= 11 is 0. The molecule has 12 heavy (non-hydrogen) atoms. The van der Waals surface area contributed by atoms with Gasteiger partial charge in [-0.05, 0) is 6.92 Å². The first kappa shape index (κ1) is 22.5. The summed E-state index contributed by atoms with van der Waals surface area (Å²) in [5, 5.41) is 0. The van der Waals surface area contributed by atoms with Crippen LogP contribution in [0.3, 0.4) is 0 Å². The molecule has 0 aromatic carbocycles. The number of ether oxygens (including phenoxy) is 3. The first-order chi connectivity index (χ1) is 4.72. The maximum absolute atomic E-state index is 4.68. The Balaban J connectivity index is -0.0000000483. The second-order valence-corrected chi connectivity index (χ2v) is 1.44. The average molecular weight is 180 g/mol. The number of methoxy groups -OCH3 is 3. The molecule has 0 bridgehead atoms. The number of hydrogen-bond donors (Lipinski definition) is 0. The van der Waals surface area contributed by atoms with Crippen LogP contribution in [0.5, 0.6) is 0 Å². The Hall–Kier alpha value is -0.540. The van der Waals surface area contributed by atoms with Crippen LogP contribution in [0, 0.1) is 0 Å². The molecule has 0 N–H and O–H groups in total. The lowest BCUT2D eigenvalue weighted by Gasteiger charge is -2.03. The quantitative estimate of drug-likeness (QED) is 0.493. The van der Waals surface area contributed by atoms with Crippen molar-refractivity contribution in [3.05, 3.63) is 12.8 Å². The molecule has 0 radical (unpaired) electrons. The standard InChI is InChI=1S/C4H10O2.C3H6O.2CH4/c1-4(5-2)6-3;1-3-4-2;;/h4H,1-3H3;3H,1H2,2H3;2*1H4. The molecule has 0 atom stereocenters. The normalized spacial score (nSPS) is 6.75. The summed E-state index contributed by atoms with van der Waals surface area (Å²) in [6.07, 6.45) is 1.31. The van der Waals surface area contributed by atoms with Gasteiger partial charge in [0.2, 0.25) is 0 Å². The summed E-state index contributed by atoms with van der Waals surface area (Å²) in [5.74, 6) is 0. The van der Waals surface area contributed by atoms with E-state index in [1.165, 1.54) is 6.26 Å². The maximum atomic E-state index is 4.68. The molecule has 0 saturated carbocycles. The van der Waals surface area contributed by atoms with E-state index in [1.54, 1.807) is 21.3 Å². The first-order valence-electron chi connectivity index (χ1n) is 2.92. The van der Waals surface area contributed by atoms with E-state index >= 15 is 0 Å². The molecule has 3 nitrogen and oxygen atoms in total. The highest BCUT2D eigenvalue weighted by atomic mass is 16.7. The van der Waals surface area contributed by atoms with E-state index in [0.717, 1.165) is 0 Å². The third-order valence-corrected chi connectivity index (χ3v) is 0.831. The Morgan fingerprint density at radius 2 is 1.33 bits per heavy atom. The Bertz CT molecular complexity index is 60.8. The van der Waals surface area contributed by atoms with E-state index in [0.29, 0.717) is 0 Å². The van der Waals surface area contributed by atoms with Crippen molar-refractivity contribution < 1.29 is 14.2 Å². The smallest absolute Gasteiger partial charge is 0.154 e. The molecule has 0 aromatic heterocycles.